The number of nitrogens with zero attached hydrogens (tertiary/aromatic N) is 1. The highest BCUT2D eigenvalue weighted by Crippen LogP contribution is 2.25. The number of nitrogens with one attached hydrogen (secondary N) is 2. The number of carboxylic acid groups (broad SMARTS) is 1. The predicted molar refractivity (Wildman–Crippen MR) is 100 cm³/mol. The lowest BCUT2D eigenvalue weighted by Crippen LogP contribution is -2.24. The van der Waals surface area contributed by atoms with Crippen LogP contribution in [0.25, 0.3) is 0 Å². The quantitative estimate of drug-likeness (QED) is 0.398. The van der Waals surface area contributed by atoms with E-state index in [9.17, 15) is 23.9 Å². The molecule has 0 aliphatic rings. The fourth-order valence-electron chi connectivity index (χ4n) is 2.19. The summed E-state index contributed by atoms with van der Waals surface area (Å²) in [6.07, 6.45) is 1.98. The van der Waals surface area contributed by atoms with Crippen LogP contribution >= 0.6 is 11.8 Å². The fraction of sp³-hybridized carbons (Fsp3) is 0.294. The molecule has 1 heterocycles. The first-order valence-corrected chi connectivity index (χ1v) is 9.06. The first-order chi connectivity index (χ1) is 12.8. The fourth-order valence-corrected chi connectivity index (χ4v) is 3.15. The molecule has 0 unspecified atom stereocenters. The number of benzene rings is 1. The van der Waals surface area contributed by atoms with Gasteiger partial charge >= 0.3 is 5.97 Å². The number of hydrogen-bond donors (Lipinski definition) is 4. The molecule has 8 nitrogen and oxygen atoms in total. The zero-order chi connectivity index (χ0) is 20.0. The molecular weight excluding hydrogens is 375 g/mol. The number of aliphatic carboxylic acids is 1. The molecule has 0 aliphatic heterocycles. The van der Waals surface area contributed by atoms with E-state index in [0.29, 0.717) is 6.42 Å². The number of nitrogens with two attached hydrogens (primary N) is 1. The van der Waals surface area contributed by atoms with Crippen molar-refractivity contribution in [1.82, 2.24) is 9.97 Å². The minimum atomic E-state index is -1.01. The summed E-state index contributed by atoms with van der Waals surface area (Å²) < 4.78 is 12.9. The number of hydrogen-bond acceptors (Lipinski definition) is 6. The van der Waals surface area contributed by atoms with Crippen molar-refractivity contribution in [2.24, 2.45) is 0 Å². The number of rotatable bonds is 8. The highest BCUT2D eigenvalue weighted by Gasteiger charge is 2.21. The summed E-state index contributed by atoms with van der Waals surface area (Å²) in [7, 11) is 0. The van der Waals surface area contributed by atoms with Gasteiger partial charge in [-0.1, -0.05) is 31.5 Å². The van der Waals surface area contributed by atoms with E-state index in [-0.39, 0.29) is 22.2 Å². The van der Waals surface area contributed by atoms with E-state index >= 15 is 0 Å². The number of aromatic amines is 1. The predicted octanol–water partition coefficient (Wildman–Crippen LogP) is 2.48. The van der Waals surface area contributed by atoms with Crippen molar-refractivity contribution in [3.05, 3.63) is 46.0 Å². The van der Waals surface area contributed by atoms with E-state index in [4.69, 9.17) is 5.73 Å². The zero-order valence-electron chi connectivity index (χ0n) is 14.5. The van der Waals surface area contributed by atoms with Crippen LogP contribution in [0, 0.1) is 5.82 Å². The van der Waals surface area contributed by atoms with Crippen LogP contribution in [0.15, 0.2) is 34.2 Å². The Hall–Kier alpha value is -2.88. The molecule has 0 bridgehead atoms. The van der Waals surface area contributed by atoms with Crippen molar-refractivity contribution in [2.75, 3.05) is 11.1 Å². The average Bonchev–Trinajstić information content (AvgIpc) is 2.61. The summed E-state index contributed by atoms with van der Waals surface area (Å²) in [5, 5.41) is 10.9. The molecule has 27 heavy (non-hydrogen) atoms. The number of unbranched alkanes of at least 4 members (excludes halogenated alkanes) is 1. The summed E-state index contributed by atoms with van der Waals surface area (Å²) in [6, 6.07) is 4.75. The maximum absolute atomic E-state index is 12.9. The lowest BCUT2D eigenvalue weighted by Gasteiger charge is -2.12. The molecule has 0 spiro atoms. The van der Waals surface area contributed by atoms with Crippen LogP contribution in [0.2, 0.25) is 0 Å². The number of amides is 1. The van der Waals surface area contributed by atoms with Crippen molar-refractivity contribution in [2.45, 2.75) is 36.6 Å². The molecule has 0 fully saturated rings. The van der Waals surface area contributed by atoms with Gasteiger partial charge in [0, 0.05) is 5.56 Å². The minimum Gasteiger partial charge on any atom is -0.480 e. The molecule has 0 aliphatic carbocycles. The minimum absolute atomic E-state index is 0.0563. The van der Waals surface area contributed by atoms with Gasteiger partial charge in [0.2, 0.25) is 0 Å². The number of carbonyl (C=O) groups is 2. The number of thioether (sulfide) groups is 1. The van der Waals surface area contributed by atoms with E-state index in [1.54, 1.807) is 0 Å². The molecule has 1 aromatic heterocycles. The van der Waals surface area contributed by atoms with E-state index < -0.39 is 28.5 Å². The van der Waals surface area contributed by atoms with Crippen LogP contribution in [0.5, 0.6) is 0 Å². The van der Waals surface area contributed by atoms with Gasteiger partial charge in [-0.15, -0.1) is 0 Å². The van der Waals surface area contributed by atoms with Crippen LogP contribution in [0.4, 0.5) is 15.9 Å². The number of nitrogen functional groups attached to an aromatic ring is 1. The maximum Gasteiger partial charge on any atom is 0.317 e. The largest absolute Gasteiger partial charge is 0.480 e. The first kappa shape index (κ1) is 20.4. The topological polar surface area (TPSA) is 138 Å². The van der Waals surface area contributed by atoms with Gasteiger partial charge < -0.3 is 16.2 Å². The molecule has 0 saturated carbocycles. The molecular formula is C17H19FN4O4S. The van der Waals surface area contributed by atoms with Gasteiger partial charge in [-0.3, -0.25) is 19.4 Å². The van der Waals surface area contributed by atoms with Gasteiger partial charge in [-0.2, -0.15) is 0 Å². The van der Waals surface area contributed by atoms with Gasteiger partial charge in [0.15, 0.2) is 11.0 Å². The van der Waals surface area contributed by atoms with E-state index in [1.807, 2.05) is 6.92 Å². The second kappa shape index (κ2) is 9.17. The lowest BCUT2D eigenvalue weighted by molar-refractivity contribution is -0.136. The molecule has 2 aromatic rings. The smallest absolute Gasteiger partial charge is 0.317 e. The third-order valence-electron chi connectivity index (χ3n) is 3.62. The summed E-state index contributed by atoms with van der Waals surface area (Å²) in [5.41, 5.74) is 4.93. The molecule has 0 radical (unpaired) electrons. The molecule has 0 saturated heterocycles. The highest BCUT2D eigenvalue weighted by molar-refractivity contribution is 8.00. The summed E-state index contributed by atoms with van der Waals surface area (Å²) in [5.74, 6) is -2.40. The van der Waals surface area contributed by atoms with Crippen molar-refractivity contribution < 1.29 is 19.1 Å². The molecule has 2 rings (SSSR count). The van der Waals surface area contributed by atoms with Gasteiger partial charge in [-0.25, -0.2) is 9.37 Å². The normalized spacial score (nSPS) is 11.8. The summed E-state index contributed by atoms with van der Waals surface area (Å²) in [4.78, 5) is 42.1. The molecule has 10 heteroatoms. The van der Waals surface area contributed by atoms with Crippen LogP contribution in [-0.2, 0) is 4.79 Å². The van der Waals surface area contributed by atoms with Gasteiger partial charge in [0.1, 0.15) is 16.8 Å². The Balaban J connectivity index is 2.18. The second-order valence-electron chi connectivity index (χ2n) is 5.68. The maximum atomic E-state index is 12.9. The molecule has 5 N–H and O–H groups in total. The van der Waals surface area contributed by atoms with Gasteiger partial charge in [0.25, 0.3) is 11.5 Å². The number of carbonyl (C=O) groups excluding carboxylic acids is 1. The number of halogens is 1. The number of carboxylic acids is 1. The summed E-state index contributed by atoms with van der Waals surface area (Å²) in [6.45, 7) is 1.94. The van der Waals surface area contributed by atoms with Crippen LogP contribution < -0.4 is 16.6 Å². The lowest BCUT2D eigenvalue weighted by atomic mass is 10.2. The van der Waals surface area contributed by atoms with Gasteiger partial charge in [-0.05, 0) is 30.7 Å². The Bertz CT molecular complexity index is 885. The SMILES string of the molecule is CCCC[C@@H](Sc1nc(N)c(NC(=O)c2ccc(F)cc2)c(=O)[nH]1)C(=O)O. The Morgan fingerprint density at radius 3 is 2.59 bits per heavy atom. The highest BCUT2D eigenvalue weighted by atomic mass is 32.2. The second-order valence-corrected chi connectivity index (χ2v) is 6.87. The van der Waals surface area contributed by atoms with Crippen LogP contribution in [0.1, 0.15) is 36.5 Å². The third-order valence-corrected chi connectivity index (χ3v) is 4.76. The third kappa shape index (κ3) is 5.55. The van der Waals surface area contributed by atoms with Crippen molar-refractivity contribution >= 4 is 35.1 Å². The Morgan fingerprint density at radius 1 is 1.37 bits per heavy atom. The molecule has 1 aromatic carbocycles. The van der Waals surface area contributed by atoms with Gasteiger partial charge in [0.05, 0.1) is 0 Å². The summed E-state index contributed by atoms with van der Waals surface area (Å²) >= 11 is 0.890. The van der Waals surface area contributed by atoms with Crippen molar-refractivity contribution in [3.8, 4) is 0 Å². The van der Waals surface area contributed by atoms with Crippen LogP contribution in [-0.4, -0.2) is 32.2 Å². The Morgan fingerprint density at radius 2 is 2.04 bits per heavy atom. The molecule has 1 atom stereocenters. The first-order valence-electron chi connectivity index (χ1n) is 8.18. The molecule has 144 valence electrons. The van der Waals surface area contributed by atoms with Crippen molar-refractivity contribution in [1.29, 1.82) is 0 Å². The van der Waals surface area contributed by atoms with E-state index in [2.05, 4.69) is 15.3 Å². The van der Waals surface area contributed by atoms with Crippen LogP contribution in [0.3, 0.4) is 0 Å². The number of anilines is 2. The van der Waals surface area contributed by atoms with E-state index in [0.717, 1.165) is 36.7 Å². The zero-order valence-corrected chi connectivity index (χ0v) is 15.3. The Labute approximate surface area is 158 Å². The molecule has 1 amide bonds. The van der Waals surface area contributed by atoms with Crippen molar-refractivity contribution in [3.63, 3.8) is 0 Å². The standard InChI is InChI=1S/C17H19FN4O4S/c1-2-3-4-11(16(25)26)27-17-21-13(19)12(15(24)22-17)20-14(23)9-5-7-10(18)8-6-9/h5-8,11H,2-4H2,1H3,(H,20,23)(H,25,26)(H3,19,21,22,24)/t11-/m1/s1. The number of aromatic nitrogens is 2. The Kier molecular flexibility index (Phi) is 6.94. The average molecular weight is 394 g/mol. The number of H-pyrrole nitrogens is 1. The van der Waals surface area contributed by atoms with E-state index in [1.165, 1.54) is 12.1 Å². The monoisotopic (exact) mass is 394 g/mol.